The summed E-state index contributed by atoms with van der Waals surface area (Å²) in [6.45, 7) is 7.71. The predicted molar refractivity (Wildman–Crippen MR) is 166 cm³/mol. The van der Waals surface area contributed by atoms with Crippen LogP contribution in [0, 0.1) is 23.7 Å². The summed E-state index contributed by atoms with van der Waals surface area (Å²) in [5, 5.41) is 27.1. The van der Waals surface area contributed by atoms with Gasteiger partial charge in [-0.1, -0.05) is 71.4 Å². The zero-order valence-corrected chi connectivity index (χ0v) is 27.4. The highest BCUT2D eigenvalue weighted by Gasteiger charge is 2.61. The number of carbonyl (C=O) groups excluding carboxylic acids is 5. The first-order valence-electron chi connectivity index (χ1n) is 16.1. The van der Waals surface area contributed by atoms with Crippen molar-refractivity contribution in [2.24, 2.45) is 23.7 Å². The number of rotatable bonds is 15. The average molecular weight is 665 g/mol. The van der Waals surface area contributed by atoms with E-state index in [0.29, 0.717) is 12.0 Å². The van der Waals surface area contributed by atoms with E-state index in [4.69, 9.17) is 0 Å². The molecular formula is C33H46F2N4O8. The van der Waals surface area contributed by atoms with Gasteiger partial charge >= 0.3 is 5.97 Å². The average Bonchev–Trinajstić information content (AvgIpc) is 3.55. The van der Waals surface area contributed by atoms with Crippen molar-refractivity contribution in [1.82, 2.24) is 20.9 Å². The molecule has 2 unspecified atom stereocenters. The number of aliphatic hydroxyl groups excluding tert-OH is 1. The van der Waals surface area contributed by atoms with Crippen LogP contribution in [0.4, 0.5) is 8.78 Å². The molecule has 0 bridgehead atoms. The number of alkyl halides is 2. The van der Waals surface area contributed by atoms with Gasteiger partial charge < -0.3 is 31.1 Å². The van der Waals surface area contributed by atoms with Crippen LogP contribution in [0.5, 0.6) is 0 Å². The maximum absolute atomic E-state index is 15.0. The van der Waals surface area contributed by atoms with E-state index in [1.54, 1.807) is 65.0 Å². The third kappa shape index (κ3) is 8.91. The number of aliphatic hydroxyl groups is 1. The van der Waals surface area contributed by atoms with Gasteiger partial charge in [-0.25, -0.2) is 13.6 Å². The number of halogens is 2. The molecule has 5 N–H and O–H groups in total. The second-order valence-corrected chi connectivity index (χ2v) is 13.2. The van der Waals surface area contributed by atoms with Crippen molar-refractivity contribution >= 4 is 35.4 Å². The maximum atomic E-state index is 15.0. The van der Waals surface area contributed by atoms with Crippen molar-refractivity contribution in [3.63, 3.8) is 0 Å². The molecule has 0 radical (unpaired) electrons. The Labute approximate surface area is 273 Å². The maximum Gasteiger partial charge on any atom is 0.326 e. The zero-order chi connectivity index (χ0) is 35.2. The molecule has 14 heteroatoms. The van der Waals surface area contributed by atoms with Crippen molar-refractivity contribution in [3.8, 4) is 0 Å². The van der Waals surface area contributed by atoms with E-state index in [0.717, 1.165) is 4.90 Å². The third-order valence-corrected chi connectivity index (χ3v) is 9.01. The van der Waals surface area contributed by atoms with Gasteiger partial charge in [0.1, 0.15) is 24.2 Å². The Morgan fingerprint density at radius 2 is 1.60 bits per heavy atom. The van der Waals surface area contributed by atoms with Crippen LogP contribution in [0.15, 0.2) is 30.3 Å². The molecule has 3 rings (SSSR count). The number of fused-ring (bicyclic) bond motifs is 1. The summed E-state index contributed by atoms with van der Waals surface area (Å²) in [5.74, 6) is -12.7. The molecule has 0 spiro atoms. The Bertz CT molecular complexity index is 1320. The van der Waals surface area contributed by atoms with Crippen molar-refractivity contribution < 1.29 is 47.8 Å². The first kappa shape index (κ1) is 37.5. The van der Waals surface area contributed by atoms with E-state index < -0.39 is 108 Å². The fraction of sp³-hybridized carbons (Fsp3) is 0.636. The van der Waals surface area contributed by atoms with E-state index in [9.17, 15) is 47.8 Å². The Balaban J connectivity index is 1.84. The van der Waals surface area contributed by atoms with Gasteiger partial charge in [0.2, 0.25) is 23.5 Å². The number of carboxylic acids is 1. The Morgan fingerprint density at radius 3 is 2.15 bits per heavy atom. The van der Waals surface area contributed by atoms with Gasteiger partial charge in [0.05, 0.1) is 6.04 Å². The number of carbonyl (C=O) groups is 6. The van der Waals surface area contributed by atoms with Gasteiger partial charge in [-0.15, -0.1) is 0 Å². The highest BCUT2D eigenvalue weighted by molar-refractivity contribution is 6.38. The largest absolute Gasteiger partial charge is 0.480 e. The van der Waals surface area contributed by atoms with Crippen LogP contribution in [0.2, 0.25) is 0 Å². The second-order valence-electron chi connectivity index (χ2n) is 13.2. The van der Waals surface area contributed by atoms with Crippen molar-refractivity contribution in [2.75, 3.05) is 6.54 Å². The molecule has 1 aliphatic heterocycles. The molecule has 1 saturated heterocycles. The fourth-order valence-corrected chi connectivity index (χ4v) is 6.31. The lowest BCUT2D eigenvalue weighted by atomic mass is 9.91. The minimum atomic E-state index is -3.16. The number of Topliss-reactive ketones (excluding diaryl/α,β-unsaturated/α-hetero) is 1. The molecule has 1 saturated carbocycles. The lowest BCUT2D eigenvalue weighted by Crippen LogP contribution is -2.59. The standard InChI is InChI=1S/C33H46F2N4O8/c1-6-10-22(27(41)30(44)37-23(32(46)47)15-19-11-8-7-9-12-19)36-28(42)25-20-13-14-33(34,35)21(20)16-39(25)31(45)24(17(2)3)38-29(43)26(40)18(4)5/h7-9,11-12,17-18,20-26,40H,6,10,13-16H2,1-5H3,(H,36,42)(H,37,44)(H,38,43)(H,46,47)/t20-,21-,22?,23-,24-,25?,26+/m0/s1. The number of amides is 4. The summed E-state index contributed by atoms with van der Waals surface area (Å²) in [6.07, 6.45) is -1.78. The summed E-state index contributed by atoms with van der Waals surface area (Å²) in [7, 11) is 0. The topological polar surface area (TPSA) is 182 Å². The van der Waals surface area contributed by atoms with E-state index in [1.807, 2.05) is 0 Å². The number of carboxylic acid groups (broad SMARTS) is 1. The van der Waals surface area contributed by atoms with Crippen molar-refractivity contribution in [3.05, 3.63) is 35.9 Å². The number of hydrogen-bond donors (Lipinski definition) is 5. The van der Waals surface area contributed by atoms with Crippen LogP contribution in [-0.4, -0.2) is 93.2 Å². The third-order valence-electron chi connectivity index (χ3n) is 9.01. The van der Waals surface area contributed by atoms with Gasteiger partial charge in [-0.05, 0) is 36.2 Å². The number of nitrogens with one attached hydrogen (secondary N) is 3. The summed E-state index contributed by atoms with van der Waals surface area (Å²) in [4.78, 5) is 79.5. The highest BCUT2D eigenvalue weighted by atomic mass is 19.3. The first-order chi connectivity index (χ1) is 22.0. The van der Waals surface area contributed by atoms with Gasteiger partial charge in [-0.3, -0.25) is 24.0 Å². The highest BCUT2D eigenvalue weighted by Crippen LogP contribution is 2.51. The summed E-state index contributed by atoms with van der Waals surface area (Å²) >= 11 is 0. The van der Waals surface area contributed by atoms with Crippen LogP contribution in [0.25, 0.3) is 0 Å². The van der Waals surface area contributed by atoms with Crippen LogP contribution in [0.3, 0.4) is 0 Å². The molecule has 1 heterocycles. The molecule has 0 aromatic heterocycles. The molecule has 47 heavy (non-hydrogen) atoms. The number of aliphatic carboxylic acids is 1. The zero-order valence-electron chi connectivity index (χ0n) is 27.4. The molecule has 1 aliphatic carbocycles. The number of ketones is 1. The first-order valence-corrected chi connectivity index (χ1v) is 16.1. The van der Waals surface area contributed by atoms with Crippen LogP contribution < -0.4 is 16.0 Å². The quantitative estimate of drug-likeness (QED) is 0.176. The Hall–Kier alpha value is -3.94. The summed E-state index contributed by atoms with van der Waals surface area (Å²) in [6, 6.07) is 2.95. The molecule has 1 aromatic rings. The van der Waals surface area contributed by atoms with Gasteiger partial charge in [0.15, 0.2) is 0 Å². The predicted octanol–water partition coefficient (Wildman–Crippen LogP) is 1.68. The fourth-order valence-electron chi connectivity index (χ4n) is 6.31. The lowest BCUT2D eigenvalue weighted by Gasteiger charge is -2.33. The second kappa shape index (κ2) is 15.8. The van der Waals surface area contributed by atoms with E-state index in [2.05, 4.69) is 16.0 Å². The van der Waals surface area contributed by atoms with Crippen molar-refractivity contribution in [1.29, 1.82) is 0 Å². The van der Waals surface area contributed by atoms with E-state index >= 15 is 0 Å². The van der Waals surface area contributed by atoms with Gasteiger partial charge in [0.25, 0.3) is 11.8 Å². The number of likely N-dealkylation sites (tertiary alicyclic amines) is 1. The minimum Gasteiger partial charge on any atom is -0.480 e. The molecule has 12 nitrogen and oxygen atoms in total. The molecule has 2 aliphatic rings. The SMILES string of the molecule is CCCC(NC(=O)C1[C@H]2CCC(F)(F)[C@H]2CN1C(=O)[C@@H](NC(=O)[C@H](O)C(C)C)C(C)C)C(=O)C(=O)N[C@@H](Cc1ccccc1)C(=O)O. The van der Waals surface area contributed by atoms with Crippen LogP contribution >= 0.6 is 0 Å². The summed E-state index contributed by atoms with van der Waals surface area (Å²) in [5.41, 5.74) is 0.606. The monoisotopic (exact) mass is 664 g/mol. The lowest BCUT2D eigenvalue weighted by molar-refractivity contribution is -0.147. The van der Waals surface area contributed by atoms with Crippen LogP contribution in [-0.2, 0) is 35.2 Å². The molecule has 2 fully saturated rings. The number of hydrogen-bond acceptors (Lipinski definition) is 7. The minimum absolute atomic E-state index is 0.0168. The molecular weight excluding hydrogens is 618 g/mol. The van der Waals surface area contributed by atoms with Crippen molar-refractivity contribution in [2.45, 2.75) is 103 Å². The molecule has 7 atom stereocenters. The Kier molecular flexibility index (Phi) is 12.6. The number of benzene rings is 1. The molecule has 1 aromatic carbocycles. The summed E-state index contributed by atoms with van der Waals surface area (Å²) < 4.78 is 29.9. The molecule has 260 valence electrons. The van der Waals surface area contributed by atoms with Gasteiger partial charge in [0, 0.05) is 25.3 Å². The van der Waals surface area contributed by atoms with Crippen LogP contribution in [0.1, 0.15) is 65.9 Å². The van der Waals surface area contributed by atoms with Gasteiger partial charge in [-0.2, -0.15) is 0 Å². The smallest absolute Gasteiger partial charge is 0.326 e. The Morgan fingerprint density at radius 1 is 0.957 bits per heavy atom. The van der Waals surface area contributed by atoms with E-state index in [-0.39, 0.29) is 19.3 Å². The normalized spacial score (nSPS) is 22.6. The number of nitrogens with zero attached hydrogens (tertiary/aromatic N) is 1. The molecule has 4 amide bonds. The van der Waals surface area contributed by atoms with E-state index in [1.165, 1.54) is 0 Å².